The average Bonchev–Trinajstić information content (AvgIpc) is 3.45. The molecule has 0 spiro atoms. The van der Waals surface area contributed by atoms with Crippen LogP contribution in [0.15, 0.2) is 60.7 Å². The predicted molar refractivity (Wildman–Crippen MR) is 166 cm³/mol. The largest absolute Gasteiger partial charge is 0.366 e. The molecule has 0 radical (unpaired) electrons. The lowest BCUT2D eigenvalue weighted by molar-refractivity contribution is -0.131. The van der Waals surface area contributed by atoms with Gasteiger partial charge in [-0.3, -0.25) is 14.4 Å². The fourth-order valence-electron chi connectivity index (χ4n) is 7.61. The van der Waals surface area contributed by atoms with E-state index in [4.69, 9.17) is 11.5 Å². The third-order valence-electron chi connectivity index (χ3n) is 9.94. The van der Waals surface area contributed by atoms with E-state index in [1.54, 1.807) is 41.3 Å². The number of amides is 3. The highest BCUT2D eigenvalue weighted by molar-refractivity contribution is 5.94. The van der Waals surface area contributed by atoms with Gasteiger partial charge in [0.2, 0.25) is 17.7 Å². The van der Waals surface area contributed by atoms with Crippen molar-refractivity contribution in [3.8, 4) is 6.07 Å². The van der Waals surface area contributed by atoms with Gasteiger partial charge in [0, 0.05) is 23.2 Å². The van der Waals surface area contributed by atoms with Crippen LogP contribution < -0.4 is 16.8 Å². The number of aryl methyl sites for hydroxylation is 2. The number of aromatic amines is 1. The maximum atomic E-state index is 14.2. The Kier molecular flexibility index (Phi) is 7.52. The molecule has 7 rings (SSSR count). The SMILES string of the molecule is N#C[C@@H]1C[C@@H]2C[C@@H]2N1C(=O)CN[C@@H](CC1(c2nnn[nH]2)c2ccc(C(N)=O)cc2CCc2cc(C(N)=O)ccc21)c1ccc(F)cc1. The van der Waals surface area contributed by atoms with Crippen LogP contribution in [0, 0.1) is 23.1 Å². The number of carbonyl (C=O) groups excluding carboxylic acids is 3. The maximum absolute atomic E-state index is 14.2. The number of H-pyrrole nitrogens is 1. The van der Waals surface area contributed by atoms with Crippen LogP contribution in [-0.4, -0.2) is 61.9 Å². The van der Waals surface area contributed by atoms with E-state index in [1.165, 1.54) is 12.1 Å². The summed E-state index contributed by atoms with van der Waals surface area (Å²) in [6.07, 6.45) is 2.85. The highest BCUT2D eigenvalue weighted by Gasteiger charge is 2.54. The molecule has 3 aromatic carbocycles. The molecule has 4 atom stereocenters. The number of halogens is 1. The van der Waals surface area contributed by atoms with Crippen LogP contribution >= 0.6 is 0 Å². The summed E-state index contributed by atoms with van der Waals surface area (Å²) in [6.45, 7) is -0.0604. The average molecular weight is 634 g/mol. The van der Waals surface area contributed by atoms with E-state index in [0.717, 1.165) is 28.7 Å². The molecule has 2 heterocycles. The van der Waals surface area contributed by atoms with Crippen LogP contribution in [-0.2, 0) is 23.1 Å². The number of nitrogens with two attached hydrogens (primary N) is 2. The number of piperidine rings is 1. The summed E-state index contributed by atoms with van der Waals surface area (Å²) in [5.74, 6) is -0.967. The van der Waals surface area contributed by atoms with Crippen LogP contribution in [0.2, 0.25) is 0 Å². The van der Waals surface area contributed by atoms with Gasteiger partial charge in [-0.15, -0.1) is 5.10 Å². The standard InChI is InChI=1S/C34H32FN9O3/c35-24-7-3-18(4-8-24)28(39-17-30(45)44-25(16-36)13-23-14-29(23)44)15-34(33-40-42-43-41-33)26-9-5-21(31(37)46)11-19(26)1-2-20-12-22(32(38)47)6-10-27(20)34/h3-12,23,25,28-29,39H,1-2,13-15,17H2,(H2,37,46)(H2,38,47)(H,40,41,42,43)/t23-,25+,28+,29+/m1/s1. The molecule has 12 nitrogen and oxygen atoms in total. The van der Waals surface area contributed by atoms with Gasteiger partial charge in [-0.1, -0.05) is 24.3 Å². The Morgan fingerprint density at radius 2 is 1.64 bits per heavy atom. The zero-order chi connectivity index (χ0) is 32.9. The summed E-state index contributed by atoms with van der Waals surface area (Å²) in [6, 6.07) is 17.9. The first kappa shape index (κ1) is 30.2. The van der Waals surface area contributed by atoms with Gasteiger partial charge in [-0.05, 0) is 113 Å². The Hall–Kier alpha value is -5.48. The topological polar surface area (TPSA) is 197 Å². The Labute approximate surface area is 269 Å². The second-order valence-electron chi connectivity index (χ2n) is 12.6. The molecule has 1 saturated carbocycles. The summed E-state index contributed by atoms with van der Waals surface area (Å²) < 4.78 is 14.2. The first-order valence-corrected chi connectivity index (χ1v) is 15.5. The van der Waals surface area contributed by atoms with Crippen LogP contribution in [0.25, 0.3) is 0 Å². The zero-order valence-corrected chi connectivity index (χ0v) is 25.3. The van der Waals surface area contributed by atoms with Gasteiger partial charge < -0.3 is 21.7 Å². The second-order valence-corrected chi connectivity index (χ2v) is 12.6. The minimum absolute atomic E-state index is 0.0604. The number of hydrogen-bond acceptors (Lipinski definition) is 8. The predicted octanol–water partition coefficient (Wildman–Crippen LogP) is 2.20. The van der Waals surface area contributed by atoms with Crippen molar-refractivity contribution in [2.24, 2.45) is 17.4 Å². The molecule has 6 N–H and O–H groups in total. The van der Waals surface area contributed by atoms with E-state index in [2.05, 4.69) is 32.0 Å². The van der Waals surface area contributed by atoms with Crippen molar-refractivity contribution in [3.05, 3.63) is 111 Å². The van der Waals surface area contributed by atoms with E-state index < -0.39 is 35.1 Å². The lowest BCUT2D eigenvalue weighted by Crippen LogP contribution is -2.45. The summed E-state index contributed by atoms with van der Waals surface area (Å²) in [5, 5.41) is 28.4. The Balaban J connectivity index is 1.38. The first-order chi connectivity index (χ1) is 22.7. The first-order valence-electron chi connectivity index (χ1n) is 15.5. The normalized spacial score (nSPS) is 21.0. The molecule has 2 fully saturated rings. The van der Waals surface area contributed by atoms with Crippen molar-refractivity contribution in [1.29, 1.82) is 5.26 Å². The Morgan fingerprint density at radius 1 is 1.00 bits per heavy atom. The van der Waals surface area contributed by atoms with Gasteiger partial charge in [0.05, 0.1) is 18.0 Å². The molecule has 47 heavy (non-hydrogen) atoms. The van der Waals surface area contributed by atoms with Gasteiger partial charge in [-0.2, -0.15) is 5.26 Å². The molecule has 3 aliphatic rings. The molecule has 1 aromatic heterocycles. The van der Waals surface area contributed by atoms with Crippen molar-refractivity contribution < 1.29 is 18.8 Å². The second kappa shape index (κ2) is 11.7. The van der Waals surface area contributed by atoms with E-state index >= 15 is 0 Å². The number of fused-ring (bicyclic) bond motifs is 3. The maximum Gasteiger partial charge on any atom is 0.248 e. The van der Waals surface area contributed by atoms with Gasteiger partial charge in [0.1, 0.15) is 11.9 Å². The number of aromatic nitrogens is 4. The molecule has 238 valence electrons. The fraction of sp³-hybridized carbons (Fsp3) is 0.324. The van der Waals surface area contributed by atoms with E-state index in [1.807, 2.05) is 12.1 Å². The number of hydrogen-bond donors (Lipinski definition) is 4. The molecular weight excluding hydrogens is 601 g/mol. The molecule has 13 heteroatoms. The van der Waals surface area contributed by atoms with Crippen LogP contribution in [0.4, 0.5) is 4.39 Å². The zero-order valence-electron chi connectivity index (χ0n) is 25.3. The number of benzene rings is 3. The molecule has 1 aliphatic heterocycles. The van der Waals surface area contributed by atoms with Crippen LogP contribution in [0.1, 0.15) is 79.7 Å². The van der Waals surface area contributed by atoms with Gasteiger partial charge in [0.15, 0.2) is 5.82 Å². The number of carbonyl (C=O) groups is 3. The van der Waals surface area contributed by atoms with Crippen molar-refractivity contribution >= 4 is 17.7 Å². The molecule has 0 bridgehead atoms. The smallest absolute Gasteiger partial charge is 0.248 e. The van der Waals surface area contributed by atoms with Gasteiger partial charge >= 0.3 is 0 Å². The number of primary amides is 2. The quantitative estimate of drug-likeness (QED) is 0.215. The molecule has 1 saturated heterocycles. The highest BCUT2D eigenvalue weighted by Crippen LogP contribution is 2.50. The minimum Gasteiger partial charge on any atom is -0.366 e. The Morgan fingerprint density at radius 3 is 2.19 bits per heavy atom. The van der Waals surface area contributed by atoms with Crippen molar-refractivity contribution in [1.82, 2.24) is 30.8 Å². The minimum atomic E-state index is -1.11. The van der Waals surface area contributed by atoms with E-state index in [-0.39, 0.29) is 24.9 Å². The lowest BCUT2D eigenvalue weighted by atomic mass is 9.67. The van der Waals surface area contributed by atoms with Crippen molar-refractivity contribution in [2.45, 2.75) is 55.6 Å². The number of likely N-dealkylation sites (tertiary alicyclic amines) is 1. The number of rotatable bonds is 9. The Bertz CT molecular complexity index is 1860. The monoisotopic (exact) mass is 633 g/mol. The van der Waals surface area contributed by atoms with Crippen molar-refractivity contribution in [2.75, 3.05) is 6.54 Å². The molecule has 0 unspecified atom stereocenters. The summed E-state index contributed by atoms with van der Waals surface area (Å²) >= 11 is 0. The molecule has 4 aromatic rings. The van der Waals surface area contributed by atoms with Crippen LogP contribution in [0.5, 0.6) is 0 Å². The third kappa shape index (κ3) is 5.30. The number of tetrazole rings is 1. The molecular formula is C34H32FN9O3. The van der Waals surface area contributed by atoms with Gasteiger partial charge in [-0.25, -0.2) is 9.49 Å². The third-order valence-corrected chi connectivity index (χ3v) is 9.94. The summed E-state index contributed by atoms with van der Waals surface area (Å²) in [4.78, 5) is 39.8. The van der Waals surface area contributed by atoms with Crippen molar-refractivity contribution in [3.63, 3.8) is 0 Å². The molecule has 3 amide bonds. The van der Waals surface area contributed by atoms with Gasteiger partial charge in [0.25, 0.3) is 0 Å². The number of nitrogens with one attached hydrogen (secondary N) is 2. The fourth-order valence-corrected chi connectivity index (χ4v) is 7.61. The molecule has 2 aliphatic carbocycles. The number of nitrogens with zero attached hydrogens (tertiary/aromatic N) is 5. The van der Waals surface area contributed by atoms with Crippen LogP contribution in [0.3, 0.4) is 0 Å². The summed E-state index contributed by atoms with van der Waals surface area (Å²) in [5.41, 5.74) is 14.9. The van der Waals surface area contributed by atoms with E-state index in [9.17, 15) is 24.0 Å². The summed E-state index contributed by atoms with van der Waals surface area (Å²) in [7, 11) is 0. The van der Waals surface area contributed by atoms with E-state index in [0.29, 0.717) is 47.7 Å². The number of nitriles is 1. The highest BCUT2D eigenvalue weighted by atomic mass is 19.1. The lowest BCUT2D eigenvalue weighted by Gasteiger charge is -2.38.